The first-order valence-corrected chi connectivity index (χ1v) is 6.81. The Bertz CT molecular complexity index is 464. The standard InChI is InChI=1S/C15H23N3O/c1-11-10-12(4-5-14(11)16)15(19)18(3)13-6-8-17(2)9-7-13/h4-5,10,13H,6-9,16H2,1-3H3. The van der Waals surface area contributed by atoms with Crippen molar-refractivity contribution in [1.82, 2.24) is 9.80 Å². The number of aryl methyl sites for hydroxylation is 1. The van der Waals surface area contributed by atoms with E-state index in [9.17, 15) is 4.79 Å². The Morgan fingerprint density at radius 1 is 1.37 bits per heavy atom. The molecule has 0 unspecified atom stereocenters. The summed E-state index contributed by atoms with van der Waals surface area (Å²) < 4.78 is 0. The Balaban J connectivity index is 2.08. The first-order chi connectivity index (χ1) is 8.99. The molecule has 1 saturated heterocycles. The van der Waals surface area contributed by atoms with Gasteiger partial charge in [0.05, 0.1) is 0 Å². The van der Waals surface area contributed by atoms with Crippen LogP contribution in [0.4, 0.5) is 5.69 Å². The van der Waals surface area contributed by atoms with Gasteiger partial charge >= 0.3 is 0 Å². The second-order valence-electron chi connectivity index (χ2n) is 5.52. The van der Waals surface area contributed by atoms with Crippen molar-refractivity contribution in [2.75, 3.05) is 32.9 Å². The molecule has 19 heavy (non-hydrogen) atoms. The Morgan fingerprint density at radius 2 is 2.00 bits per heavy atom. The number of likely N-dealkylation sites (tertiary alicyclic amines) is 1. The average molecular weight is 261 g/mol. The third kappa shape index (κ3) is 3.07. The fourth-order valence-corrected chi connectivity index (χ4v) is 2.56. The number of piperidine rings is 1. The molecule has 4 heteroatoms. The lowest BCUT2D eigenvalue weighted by atomic mass is 10.0. The highest BCUT2D eigenvalue weighted by molar-refractivity contribution is 5.94. The number of anilines is 1. The summed E-state index contributed by atoms with van der Waals surface area (Å²) in [6.07, 6.45) is 2.10. The minimum absolute atomic E-state index is 0.0950. The van der Waals surface area contributed by atoms with Crippen LogP contribution in [0.2, 0.25) is 0 Å². The Morgan fingerprint density at radius 3 is 2.58 bits per heavy atom. The van der Waals surface area contributed by atoms with E-state index in [1.807, 2.05) is 37.1 Å². The summed E-state index contributed by atoms with van der Waals surface area (Å²) in [5, 5.41) is 0. The summed E-state index contributed by atoms with van der Waals surface area (Å²) in [7, 11) is 4.03. The molecule has 2 rings (SSSR count). The molecule has 0 bridgehead atoms. The summed E-state index contributed by atoms with van der Waals surface area (Å²) in [4.78, 5) is 16.7. The average Bonchev–Trinajstić information content (AvgIpc) is 2.41. The van der Waals surface area contributed by atoms with E-state index in [1.54, 1.807) is 0 Å². The fourth-order valence-electron chi connectivity index (χ4n) is 2.56. The number of amides is 1. The van der Waals surface area contributed by atoms with Crippen molar-refractivity contribution in [2.45, 2.75) is 25.8 Å². The zero-order chi connectivity index (χ0) is 14.0. The minimum Gasteiger partial charge on any atom is -0.399 e. The maximum absolute atomic E-state index is 12.5. The summed E-state index contributed by atoms with van der Waals surface area (Å²) in [5.41, 5.74) is 8.22. The van der Waals surface area contributed by atoms with Gasteiger partial charge in [-0.3, -0.25) is 4.79 Å². The highest BCUT2D eigenvalue weighted by Crippen LogP contribution is 2.19. The SMILES string of the molecule is Cc1cc(C(=O)N(C)C2CCN(C)CC2)ccc1N. The number of benzene rings is 1. The minimum atomic E-state index is 0.0950. The summed E-state index contributed by atoms with van der Waals surface area (Å²) in [6.45, 7) is 4.05. The summed E-state index contributed by atoms with van der Waals surface area (Å²) in [6, 6.07) is 5.85. The Hall–Kier alpha value is -1.55. The lowest BCUT2D eigenvalue weighted by molar-refractivity contribution is 0.0659. The van der Waals surface area contributed by atoms with Gasteiger partial charge in [0.25, 0.3) is 5.91 Å². The number of nitrogen functional groups attached to an aromatic ring is 1. The van der Waals surface area contributed by atoms with Crippen LogP contribution in [0.15, 0.2) is 18.2 Å². The first-order valence-electron chi connectivity index (χ1n) is 6.81. The van der Waals surface area contributed by atoms with Crippen LogP contribution in [0.25, 0.3) is 0 Å². The van der Waals surface area contributed by atoms with Gasteiger partial charge in [0, 0.05) is 24.3 Å². The first kappa shape index (κ1) is 13.9. The molecule has 104 valence electrons. The van der Waals surface area contributed by atoms with Gasteiger partial charge in [0.2, 0.25) is 0 Å². The largest absolute Gasteiger partial charge is 0.399 e. The topological polar surface area (TPSA) is 49.6 Å². The summed E-state index contributed by atoms with van der Waals surface area (Å²) in [5.74, 6) is 0.0950. The zero-order valence-corrected chi connectivity index (χ0v) is 12.0. The highest BCUT2D eigenvalue weighted by Gasteiger charge is 2.24. The van der Waals surface area contributed by atoms with Crippen molar-refractivity contribution < 1.29 is 4.79 Å². The molecule has 1 aliphatic rings. The molecule has 1 fully saturated rings. The van der Waals surface area contributed by atoms with Gasteiger partial charge in [0.15, 0.2) is 0 Å². The molecule has 1 aromatic rings. The maximum Gasteiger partial charge on any atom is 0.253 e. The van der Waals surface area contributed by atoms with Crippen LogP contribution in [0.1, 0.15) is 28.8 Å². The smallest absolute Gasteiger partial charge is 0.253 e. The van der Waals surface area contributed by atoms with Crippen molar-refractivity contribution in [3.05, 3.63) is 29.3 Å². The van der Waals surface area contributed by atoms with E-state index < -0.39 is 0 Å². The molecule has 0 atom stereocenters. The predicted octanol–water partition coefficient (Wildman–Crippen LogP) is 1.74. The fraction of sp³-hybridized carbons (Fsp3) is 0.533. The number of rotatable bonds is 2. The molecule has 1 heterocycles. The molecule has 0 radical (unpaired) electrons. The van der Waals surface area contributed by atoms with Crippen LogP contribution < -0.4 is 5.73 Å². The van der Waals surface area contributed by atoms with Crippen LogP contribution in [-0.4, -0.2) is 48.9 Å². The molecule has 1 amide bonds. The van der Waals surface area contributed by atoms with E-state index in [0.29, 0.717) is 6.04 Å². The van der Waals surface area contributed by atoms with Gasteiger partial charge in [-0.25, -0.2) is 0 Å². The van der Waals surface area contributed by atoms with Crippen molar-refractivity contribution in [3.63, 3.8) is 0 Å². The molecular formula is C15H23N3O. The lowest BCUT2D eigenvalue weighted by Gasteiger charge is -2.35. The highest BCUT2D eigenvalue weighted by atomic mass is 16.2. The van der Waals surface area contributed by atoms with Crippen molar-refractivity contribution in [2.24, 2.45) is 0 Å². The van der Waals surface area contributed by atoms with Gasteiger partial charge < -0.3 is 15.5 Å². The molecule has 2 N–H and O–H groups in total. The summed E-state index contributed by atoms with van der Waals surface area (Å²) >= 11 is 0. The van der Waals surface area contributed by atoms with Gasteiger partial charge in [0.1, 0.15) is 0 Å². The van der Waals surface area contributed by atoms with Gasteiger partial charge in [-0.15, -0.1) is 0 Å². The van der Waals surface area contributed by atoms with Gasteiger partial charge in [-0.1, -0.05) is 0 Å². The molecular weight excluding hydrogens is 238 g/mol. The Kier molecular flexibility index (Phi) is 4.10. The quantitative estimate of drug-likeness (QED) is 0.825. The van der Waals surface area contributed by atoms with E-state index in [0.717, 1.165) is 42.7 Å². The number of nitrogens with two attached hydrogens (primary N) is 1. The second kappa shape index (κ2) is 5.61. The number of hydrogen-bond donors (Lipinski definition) is 1. The van der Waals surface area contributed by atoms with Crippen LogP contribution in [0, 0.1) is 6.92 Å². The number of carbonyl (C=O) groups excluding carboxylic acids is 1. The van der Waals surface area contributed by atoms with E-state index in [-0.39, 0.29) is 5.91 Å². The van der Waals surface area contributed by atoms with Gasteiger partial charge in [-0.05, 0) is 63.7 Å². The van der Waals surface area contributed by atoms with Crippen LogP contribution in [-0.2, 0) is 0 Å². The third-order valence-electron chi connectivity index (χ3n) is 4.07. The molecule has 1 aliphatic heterocycles. The normalized spacial score (nSPS) is 17.4. The third-order valence-corrected chi connectivity index (χ3v) is 4.07. The van der Waals surface area contributed by atoms with E-state index in [1.165, 1.54) is 0 Å². The number of carbonyl (C=O) groups is 1. The van der Waals surface area contributed by atoms with Crippen molar-refractivity contribution in [3.8, 4) is 0 Å². The van der Waals surface area contributed by atoms with Crippen LogP contribution in [0.5, 0.6) is 0 Å². The lowest BCUT2D eigenvalue weighted by Crippen LogP contribution is -2.44. The maximum atomic E-state index is 12.5. The van der Waals surface area contributed by atoms with Crippen LogP contribution >= 0.6 is 0 Å². The monoisotopic (exact) mass is 261 g/mol. The van der Waals surface area contributed by atoms with E-state index in [4.69, 9.17) is 5.73 Å². The zero-order valence-electron chi connectivity index (χ0n) is 12.0. The molecule has 4 nitrogen and oxygen atoms in total. The number of hydrogen-bond acceptors (Lipinski definition) is 3. The number of nitrogens with zero attached hydrogens (tertiary/aromatic N) is 2. The molecule has 1 aromatic carbocycles. The predicted molar refractivity (Wildman–Crippen MR) is 78.2 cm³/mol. The van der Waals surface area contributed by atoms with Crippen LogP contribution in [0.3, 0.4) is 0 Å². The Labute approximate surface area is 115 Å². The van der Waals surface area contributed by atoms with Crippen molar-refractivity contribution >= 4 is 11.6 Å². The van der Waals surface area contributed by atoms with E-state index in [2.05, 4.69) is 11.9 Å². The van der Waals surface area contributed by atoms with Gasteiger partial charge in [-0.2, -0.15) is 0 Å². The van der Waals surface area contributed by atoms with E-state index >= 15 is 0 Å². The molecule has 0 aromatic heterocycles. The molecule has 0 saturated carbocycles. The molecule has 0 spiro atoms. The second-order valence-corrected chi connectivity index (χ2v) is 5.52. The molecule has 0 aliphatic carbocycles. The van der Waals surface area contributed by atoms with Crippen molar-refractivity contribution in [1.29, 1.82) is 0 Å².